The number of carbonyl (C=O) groups excluding carboxylic acids is 2. The molecule has 0 saturated heterocycles. The molecule has 7 heteroatoms. The summed E-state index contributed by atoms with van der Waals surface area (Å²) >= 11 is 0. The number of benzene rings is 3. The molecule has 34 heavy (non-hydrogen) atoms. The molecule has 0 atom stereocenters. The summed E-state index contributed by atoms with van der Waals surface area (Å²) in [5.41, 5.74) is 1.97. The summed E-state index contributed by atoms with van der Waals surface area (Å²) in [6.45, 7) is 9.99. The number of hydrogen-bond acceptors (Lipinski definition) is 5. The van der Waals surface area contributed by atoms with Crippen LogP contribution in [-0.4, -0.2) is 11.9 Å². The molecule has 0 aliphatic rings. The molecule has 5 nitrogen and oxygen atoms in total. The van der Waals surface area contributed by atoms with Crippen LogP contribution in [0.4, 0.5) is 8.78 Å². The van der Waals surface area contributed by atoms with Crippen LogP contribution in [0.5, 0.6) is 17.2 Å². The molecule has 0 radical (unpaired) electrons. The van der Waals surface area contributed by atoms with Crippen molar-refractivity contribution in [1.29, 1.82) is 0 Å². The minimum Gasteiger partial charge on any atom is -0.483 e. The molecule has 174 valence electrons. The highest BCUT2D eigenvalue weighted by atomic mass is 19.1. The third-order valence-corrected chi connectivity index (χ3v) is 4.61. The standard InChI is InChI=1S/C27H22F2O5/c1-16(2)26(30)33-21-9-5-18(6-10-21)15-32-25-23(28)13-20(14-24(25)29)19-7-11-22(12-8-19)34-27(31)17(3)4/h5-14H,1,3,15H2,2,4H3. The zero-order valence-electron chi connectivity index (χ0n) is 18.7. The second kappa shape index (κ2) is 10.6. The van der Waals surface area contributed by atoms with Gasteiger partial charge in [0.05, 0.1) is 0 Å². The zero-order valence-corrected chi connectivity index (χ0v) is 18.7. The Kier molecular flexibility index (Phi) is 7.58. The van der Waals surface area contributed by atoms with Gasteiger partial charge in [0.1, 0.15) is 18.1 Å². The molecule has 0 heterocycles. The van der Waals surface area contributed by atoms with Crippen LogP contribution in [0, 0.1) is 11.6 Å². The Morgan fingerprint density at radius 2 is 1.18 bits per heavy atom. The Labute approximate surface area is 195 Å². The minimum atomic E-state index is -0.861. The lowest BCUT2D eigenvalue weighted by Crippen LogP contribution is -2.08. The van der Waals surface area contributed by atoms with Gasteiger partial charge in [-0.3, -0.25) is 0 Å². The molecule has 0 aliphatic carbocycles. The topological polar surface area (TPSA) is 61.8 Å². The number of rotatable bonds is 8. The van der Waals surface area contributed by atoms with E-state index in [4.69, 9.17) is 14.2 Å². The minimum absolute atomic E-state index is 0.0926. The molecule has 0 unspecified atom stereocenters. The first kappa shape index (κ1) is 24.4. The van der Waals surface area contributed by atoms with Crippen LogP contribution >= 0.6 is 0 Å². The summed E-state index contributed by atoms with van der Waals surface area (Å²) in [5.74, 6) is -2.73. The highest BCUT2D eigenvalue weighted by Crippen LogP contribution is 2.30. The summed E-state index contributed by atoms with van der Waals surface area (Å²) in [4.78, 5) is 23.1. The summed E-state index contributed by atoms with van der Waals surface area (Å²) in [7, 11) is 0. The highest BCUT2D eigenvalue weighted by molar-refractivity contribution is 5.89. The Bertz CT molecular complexity index is 1220. The van der Waals surface area contributed by atoms with Crippen molar-refractivity contribution in [3.05, 3.63) is 102 Å². The fraction of sp³-hybridized carbons (Fsp3) is 0.111. The summed E-state index contributed by atoms with van der Waals surface area (Å²) in [6.07, 6.45) is 0. The number of halogens is 2. The van der Waals surface area contributed by atoms with Crippen molar-refractivity contribution >= 4 is 11.9 Å². The van der Waals surface area contributed by atoms with Gasteiger partial charge in [0, 0.05) is 11.1 Å². The van der Waals surface area contributed by atoms with Crippen molar-refractivity contribution in [2.24, 2.45) is 0 Å². The van der Waals surface area contributed by atoms with Gasteiger partial charge < -0.3 is 14.2 Å². The maximum absolute atomic E-state index is 14.6. The number of hydrogen-bond donors (Lipinski definition) is 0. The largest absolute Gasteiger partial charge is 0.483 e. The van der Waals surface area contributed by atoms with Crippen LogP contribution in [0.25, 0.3) is 11.1 Å². The number of esters is 2. The van der Waals surface area contributed by atoms with E-state index in [0.29, 0.717) is 22.4 Å². The summed E-state index contributed by atoms with van der Waals surface area (Å²) < 4.78 is 44.8. The molecular formula is C27H22F2O5. The second-order valence-corrected chi connectivity index (χ2v) is 7.57. The van der Waals surface area contributed by atoms with Gasteiger partial charge in [0.15, 0.2) is 17.4 Å². The van der Waals surface area contributed by atoms with E-state index in [2.05, 4.69) is 13.2 Å². The van der Waals surface area contributed by atoms with Gasteiger partial charge in [-0.05, 0) is 66.9 Å². The summed E-state index contributed by atoms with van der Waals surface area (Å²) in [5, 5.41) is 0. The molecule has 0 N–H and O–H groups in total. The lowest BCUT2D eigenvalue weighted by atomic mass is 10.0. The molecule has 0 amide bonds. The Balaban J connectivity index is 1.67. The molecular weight excluding hydrogens is 442 g/mol. The van der Waals surface area contributed by atoms with Crippen LogP contribution in [0.15, 0.2) is 85.0 Å². The predicted molar refractivity (Wildman–Crippen MR) is 123 cm³/mol. The van der Waals surface area contributed by atoms with Gasteiger partial charge in [0.25, 0.3) is 0 Å². The van der Waals surface area contributed by atoms with Gasteiger partial charge in [-0.25, -0.2) is 18.4 Å². The van der Waals surface area contributed by atoms with Crippen LogP contribution < -0.4 is 14.2 Å². The van der Waals surface area contributed by atoms with Crippen molar-refractivity contribution in [3.8, 4) is 28.4 Å². The van der Waals surface area contributed by atoms with E-state index in [-0.39, 0.29) is 23.5 Å². The molecule has 0 aliphatic heterocycles. The molecule has 3 rings (SSSR count). The van der Waals surface area contributed by atoms with Gasteiger partial charge in [-0.2, -0.15) is 0 Å². The Hall–Kier alpha value is -4.26. The molecule has 0 aromatic heterocycles. The zero-order chi connectivity index (χ0) is 24.8. The molecule has 3 aromatic rings. The van der Waals surface area contributed by atoms with E-state index in [0.717, 1.165) is 12.1 Å². The van der Waals surface area contributed by atoms with Gasteiger partial charge in [-0.15, -0.1) is 0 Å². The van der Waals surface area contributed by atoms with E-state index in [9.17, 15) is 18.4 Å². The lowest BCUT2D eigenvalue weighted by molar-refractivity contribution is -0.130. The Morgan fingerprint density at radius 1 is 0.735 bits per heavy atom. The molecule has 0 fully saturated rings. The van der Waals surface area contributed by atoms with E-state index >= 15 is 0 Å². The SMILES string of the molecule is C=C(C)C(=O)Oc1ccc(COc2c(F)cc(-c3ccc(OC(=O)C(=C)C)cc3)cc2F)cc1. The van der Waals surface area contributed by atoms with Crippen molar-refractivity contribution < 1.29 is 32.6 Å². The van der Waals surface area contributed by atoms with Crippen LogP contribution in [0.1, 0.15) is 19.4 Å². The maximum atomic E-state index is 14.6. The Morgan fingerprint density at radius 3 is 1.62 bits per heavy atom. The van der Waals surface area contributed by atoms with Gasteiger partial charge in [0.2, 0.25) is 0 Å². The molecule has 3 aromatic carbocycles. The molecule has 0 bridgehead atoms. The maximum Gasteiger partial charge on any atom is 0.338 e. The van der Waals surface area contributed by atoms with Crippen LogP contribution in [-0.2, 0) is 16.2 Å². The average Bonchev–Trinajstić information content (AvgIpc) is 2.79. The fourth-order valence-electron chi connectivity index (χ4n) is 2.78. The van der Waals surface area contributed by atoms with E-state index < -0.39 is 29.3 Å². The monoisotopic (exact) mass is 464 g/mol. The first-order valence-electron chi connectivity index (χ1n) is 10.2. The third-order valence-electron chi connectivity index (χ3n) is 4.61. The van der Waals surface area contributed by atoms with Crippen LogP contribution in [0.2, 0.25) is 0 Å². The van der Waals surface area contributed by atoms with Crippen molar-refractivity contribution in [1.82, 2.24) is 0 Å². The smallest absolute Gasteiger partial charge is 0.338 e. The van der Waals surface area contributed by atoms with E-state index in [1.165, 1.54) is 26.0 Å². The van der Waals surface area contributed by atoms with Crippen molar-refractivity contribution in [2.45, 2.75) is 20.5 Å². The van der Waals surface area contributed by atoms with E-state index in [1.807, 2.05) is 0 Å². The third kappa shape index (κ3) is 6.16. The fourth-order valence-corrected chi connectivity index (χ4v) is 2.78. The average molecular weight is 464 g/mol. The quantitative estimate of drug-likeness (QED) is 0.227. The number of ether oxygens (including phenoxy) is 3. The van der Waals surface area contributed by atoms with Gasteiger partial charge >= 0.3 is 11.9 Å². The van der Waals surface area contributed by atoms with Crippen molar-refractivity contribution in [2.75, 3.05) is 0 Å². The van der Waals surface area contributed by atoms with Crippen LogP contribution in [0.3, 0.4) is 0 Å². The predicted octanol–water partition coefficient (Wildman–Crippen LogP) is 6.17. The first-order chi connectivity index (χ1) is 16.1. The lowest BCUT2D eigenvalue weighted by Gasteiger charge is -2.11. The first-order valence-corrected chi connectivity index (χ1v) is 10.2. The highest BCUT2D eigenvalue weighted by Gasteiger charge is 2.15. The molecule has 0 spiro atoms. The normalized spacial score (nSPS) is 10.4. The van der Waals surface area contributed by atoms with Gasteiger partial charge in [-0.1, -0.05) is 37.4 Å². The van der Waals surface area contributed by atoms with E-state index in [1.54, 1.807) is 36.4 Å². The molecule has 0 saturated carbocycles. The second-order valence-electron chi connectivity index (χ2n) is 7.57. The summed E-state index contributed by atoms with van der Waals surface area (Å²) in [6, 6.07) is 14.9. The van der Waals surface area contributed by atoms with Crippen molar-refractivity contribution in [3.63, 3.8) is 0 Å². The number of carbonyl (C=O) groups is 2.